The summed E-state index contributed by atoms with van der Waals surface area (Å²) in [4.78, 5) is 7.90. The Morgan fingerprint density at radius 1 is 1.45 bits per heavy atom. The first-order valence-electron chi connectivity index (χ1n) is 3.13. The van der Waals surface area contributed by atoms with Gasteiger partial charge in [0.2, 0.25) is 0 Å². The number of alkyl halides is 1. The van der Waals surface area contributed by atoms with Gasteiger partial charge in [-0.3, -0.25) is 4.98 Å². The molecule has 0 saturated carbocycles. The number of hydrogen-bond donors (Lipinski definition) is 1. The lowest BCUT2D eigenvalue weighted by molar-refractivity contribution is 1.19. The average Bonchev–Trinajstić information content (AvgIpc) is 2.04. The van der Waals surface area contributed by atoms with Gasteiger partial charge in [-0.05, 0) is 6.08 Å². The van der Waals surface area contributed by atoms with Crippen LogP contribution in [0.2, 0.25) is 0 Å². The summed E-state index contributed by atoms with van der Waals surface area (Å²) in [5.74, 6) is 0.445. The van der Waals surface area contributed by atoms with Crippen molar-refractivity contribution in [1.82, 2.24) is 9.97 Å². The van der Waals surface area contributed by atoms with Gasteiger partial charge in [0.25, 0.3) is 0 Å². The van der Waals surface area contributed by atoms with Crippen molar-refractivity contribution in [3.8, 4) is 0 Å². The first-order valence-corrected chi connectivity index (χ1v) is 4.25. The summed E-state index contributed by atoms with van der Waals surface area (Å²) < 4.78 is 0. The number of hydrogen-bond acceptors (Lipinski definition) is 3. The quantitative estimate of drug-likeness (QED) is 0.758. The summed E-state index contributed by atoms with van der Waals surface area (Å²) in [6, 6.07) is 0. The van der Waals surface area contributed by atoms with E-state index in [1.807, 2.05) is 12.2 Å². The van der Waals surface area contributed by atoms with Gasteiger partial charge < -0.3 is 5.73 Å². The van der Waals surface area contributed by atoms with E-state index in [-0.39, 0.29) is 0 Å². The van der Waals surface area contributed by atoms with Gasteiger partial charge in [-0.2, -0.15) is 0 Å². The van der Waals surface area contributed by atoms with Crippen molar-refractivity contribution >= 4 is 27.8 Å². The topological polar surface area (TPSA) is 51.8 Å². The number of anilines is 1. The molecule has 0 unspecified atom stereocenters. The highest BCUT2D eigenvalue weighted by atomic mass is 79.9. The Labute approximate surface area is 73.5 Å². The second-order valence-electron chi connectivity index (χ2n) is 1.92. The normalized spacial score (nSPS) is 10.6. The Kier molecular flexibility index (Phi) is 3.04. The van der Waals surface area contributed by atoms with Gasteiger partial charge in [0.1, 0.15) is 5.82 Å². The molecule has 1 heterocycles. The molecule has 3 nitrogen and oxygen atoms in total. The number of allylic oxidation sites excluding steroid dienone is 1. The molecule has 4 heteroatoms. The number of rotatable bonds is 2. The standard InChI is InChI=1S/C7H8BrN3/c8-3-1-2-6-4-11-7(9)5-10-6/h1-2,4-5H,3H2,(H2,9,11). The van der Waals surface area contributed by atoms with E-state index in [1.54, 1.807) is 6.20 Å². The predicted molar refractivity (Wildman–Crippen MR) is 49.3 cm³/mol. The van der Waals surface area contributed by atoms with Crippen LogP contribution in [-0.2, 0) is 0 Å². The first kappa shape index (κ1) is 8.20. The van der Waals surface area contributed by atoms with Crippen molar-refractivity contribution in [2.24, 2.45) is 0 Å². The summed E-state index contributed by atoms with van der Waals surface area (Å²) in [5, 5.41) is 0.819. The minimum atomic E-state index is 0.445. The molecule has 0 aromatic carbocycles. The average molecular weight is 214 g/mol. The third-order valence-corrected chi connectivity index (χ3v) is 1.44. The number of nitrogens with two attached hydrogens (primary N) is 1. The fraction of sp³-hybridized carbons (Fsp3) is 0.143. The molecule has 0 amide bonds. The van der Waals surface area contributed by atoms with Gasteiger partial charge in [0.05, 0.1) is 18.1 Å². The van der Waals surface area contributed by atoms with Crippen molar-refractivity contribution in [3.05, 3.63) is 24.2 Å². The molecular weight excluding hydrogens is 206 g/mol. The molecule has 1 aromatic rings. The molecule has 0 atom stereocenters. The highest BCUT2D eigenvalue weighted by Gasteiger charge is 1.87. The maximum absolute atomic E-state index is 5.35. The maximum atomic E-state index is 5.35. The van der Waals surface area contributed by atoms with Crippen LogP contribution in [-0.4, -0.2) is 15.3 Å². The van der Waals surface area contributed by atoms with Gasteiger partial charge in [-0.25, -0.2) is 4.98 Å². The highest BCUT2D eigenvalue weighted by Crippen LogP contribution is 1.98. The zero-order valence-corrected chi connectivity index (χ0v) is 7.45. The van der Waals surface area contributed by atoms with Gasteiger partial charge >= 0.3 is 0 Å². The summed E-state index contributed by atoms with van der Waals surface area (Å²) in [6.45, 7) is 0. The largest absolute Gasteiger partial charge is 0.382 e. The molecular formula is C7H8BrN3. The predicted octanol–water partition coefficient (Wildman–Crippen LogP) is 1.47. The van der Waals surface area contributed by atoms with E-state index >= 15 is 0 Å². The van der Waals surface area contributed by atoms with E-state index in [1.165, 1.54) is 6.20 Å². The molecule has 0 spiro atoms. The summed E-state index contributed by atoms with van der Waals surface area (Å²) in [5.41, 5.74) is 6.17. The first-order chi connectivity index (χ1) is 5.33. The van der Waals surface area contributed by atoms with Crippen LogP contribution in [0.15, 0.2) is 18.5 Å². The van der Waals surface area contributed by atoms with Crippen molar-refractivity contribution in [1.29, 1.82) is 0 Å². The minimum Gasteiger partial charge on any atom is -0.382 e. The third-order valence-electron chi connectivity index (χ3n) is 1.07. The fourth-order valence-electron chi connectivity index (χ4n) is 0.599. The van der Waals surface area contributed by atoms with E-state index in [4.69, 9.17) is 5.73 Å². The molecule has 11 heavy (non-hydrogen) atoms. The van der Waals surface area contributed by atoms with Crippen molar-refractivity contribution in [2.75, 3.05) is 11.1 Å². The maximum Gasteiger partial charge on any atom is 0.141 e. The molecule has 58 valence electrons. The van der Waals surface area contributed by atoms with Crippen LogP contribution in [0.5, 0.6) is 0 Å². The molecule has 0 aliphatic rings. The van der Waals surface area contributed by atoms with Gasteiger partial charge in [0.15, 0.2) is 0 Å². The SMILES string of the molecule is Nc1cnc(C=CCBr)cn1. The Hall–Kier alpha value is -0.900. The molecule has 1 rings (SSSR count). The molecule has 0 saturated heterocycles. The van der Waals surface area contributed by atoms with Gasteiger partial charge in [0, 0.05) is 5.33 Å². The molecule has 0 aliphatic carbocycles. The molecule has 0 fully saturated rings. The lowest BCUT2D eigenvalue weighted by atomic mass is 10.4. The Balaban J connectivity index is 2.73. The number of halogens is 1. The number of aromatic nitrogens is 2. The van der Waals surface area contributed by atoms with Crippen LogP contribution in [0, 0.1) is 0 Å². The smallest absolute Gasteiger partial charge is 0.141 e. The summed E-state index contributed by atoms with van der Waals surface area (Å²) >= 11 is 3.26. The zero-order valence-electron chi connectivity index (χ0n) is 5.87. The van der Waals surface area contributed by atoms with E-state index in [0.717, 1.165) is 11.0 Å². The van der Waals surface area contributed by atoms with Crippen molar-refractivity contribution in [3.63, 3.8) is 0 Å². The molecule has 2 N–H and O–H groups in total. The lowest BCUT2D eigenvalue weighted by Crippen LogP contribution is -1.91. The van der Waals surface area contributed by atoms with Crippen LogP contribution in [0.3, 0.4) is 0 Å². The van der Waals surface area contributed by atoms with Gasteiger partial charge in [-0.15, -0.1) is 0 Å². The van der Waals surface area contributed by atoms with Crippen LogP contribution in [0.25, 0.3) is 6.08 Å². The highest BCUT2D eigenvalue weighted by molar-refractivity contribution is 9.09. The zero-order chi connectivity index (χ0) is 8.10. The van der Waals surface area contributed by atoms with Crippen LogP contribution in [0.4, 0.5) is 5.82 Å². The number of nitrogen functional groups attached to an aromatic ring is 1. The lowest BCUT2D eigenvalue weighted by Gasteiger charge is -1.91. The molecule has 1 aromatic heterocycles. The van der Waals surface area contributed by atoms with E-state index < -0.39 is 0 Å². The fourth-order valence-corrected chi connectivity index (χ4v) is 0.786. The summed E-state index contributed by atoms with van der Waals surface area (Å²) in [6.07, 6.45) is 6.99. The second-order valence-corrected chi connectivity index (χ2v) is 2.57. The van der Waals surface area contributed by atoms with Gasteiger partial charge in [-0.1, -0.05) is 22.0 Å². The monoisotopic (exact) mass is 213 g/mol. The number of nitrogens with zero attached hydrogens (tertiary/aromatic N) is 2. The second kappa shape index (κ2) is 4.08. The molecule has 0 aliphatic heterocycles. The van der Waals surface area contributed by atoms with E-state index in [2.05, 4.69) is 25.9 Å². The van der Waals surface area contributed by atoms with E-state index in [0.29, 0.717) is 5.82 Å². The van der Waals surface area contributed by atoms with Crippen molar-refractivity contribution < 1.29 is 0 Å². The van der Waals surface area contributed by atoms with Crippen LogP contribution < -0.4 is 5.73 Å². The van der Waals surface area contributed by atoms with E-state index in [9.17, 15) is 0 Å². The molecule has 0 bridgehead atoms. The summed E-state index contributed by atoms with van der Waals surface area (Å²) in [7, 11) is 0. The molecule has 0 radical (unpaired) electrons. The van der Waals surface area contributed by atoms with Crippen LogP contribution in [0.1, 0.15) is 5.69 Å². The Morgan fingerprint density at radius 2 is 2.27 bits per heavy atom. The third kappa shape index (κ3) is 2.67. The minimum absolute atomic E-state index is 0.445. The Morgan fingerprint density at radius 3 is 2.82 bits per heavy atom. The van der Waals surface area contributed by atoms with Crippen LogP contribution >= 0.6 is 15.9 Å². The van der Waals surface area contributed by atoms with Crippen molar-refractivity contribution in [2.45, 2.75) is 0 Å². The Bertz CT molecular complexity index is 242.